The van der Waals surface area contributed by atoms with E-state index in [0.29, 0.717) is 0 Å². The third-order valence-corrected chi connectivity index (χ3v) is 4.49. The van der Waals surface area contributed by atoms with Crippen molar-refractivity contribution in [1.82, 2.24) is 0 Å². The lowest BCUT2D eigenvalue weighted by Gasteiger charge is -2.22. The van der Waals surface area contributed by atoms with Crippen molar-refractivity contribution in [3.8, 4) is 0 Å². The number of hydrogen-bond donors (Lipinski definition) is 3. The molecule has 0 fully saturated rings. The van der Waals surface area contributed by atoms with Gasteiger partial charge in [0.15, 0.2) is 0 Å². The van der Waals surface area contributed by atoms with E-state index >= 15 is 0 Å². The molecule has 0 aromatic heterocycles. The smallest absolute Gasteiger partial charge is 0.328 e. The van der Waals surface area contributed by atoms with Crippen LogP contribution >= 0.6 is 7.80 Å². The minimum atomic E-state index is -2.89. The summed E-state index contributed by atoms with van der Waals surface area (Å²) in [5.74, 6) is -3.21. The van der Waals surface area contributed by atoms with Gasteiger partial charge in [-0.2, -0.15) is 0 Å². The molecule has 0 spiro atoms. The Morgan fingerprint density at radius 2 is 1.71 bits per heavy atom. The van der Waals surface area contributed by atoms with E-state index in [1.165, 1.54) is 6.92 Å². The maximum Gasteiger partial charge on any atom is 0.328 e. The van der Waals surface area contributed by atoms with E-state index in [0.717, 1.165) is 0 Å². The third kappa shape index (κ3) is 2.13. The fourth-order valence-corrected chi connectivity index (χ4v) is 2.65. The first kappa shape index (κ1) is 13.1. The van der Waals surface area contributed by atoms with Gasteiger partial charge in [0.25, 0.3) is 0 Å². The summed E-state index contributed by atoms with van der Waals surface area (Å²) in [7, 11) is -2.89. The highest BCUT2D eigenvalue weighted by Gasteiger charge is 2.50. The lowest BCUT2D eigenvalue weighted by molar-refractivity contribution is -0.152. The summed E-state index contributed by atoms with van der Waals surface area (Å²) < 4.78 is 11.4. The van der Waals surface area contributed by atoms with Crippen molar-refractivity contribution in [2.24, 2.45) is 0 Å². The number of hydrogen-bond acceptors (Lipinski definition) is 4. The Morgan fingerprint density at radius 1 is 1.29 bits per heavy atom. The fourth-order valence-electron chi connectivity index (χ4n) is 1.14. The van der Waals surface area contributed by atoms with E-state index in [2.05, 4.69) is 0 Å². The second kappa shape index (κ2) is 5.12. The molecular weight excluding hydrogens is 211 g/mol. The van der Waals surface area contributed by atoms with Gasteiger partial charge in [-0.3, -0.25) is 9.59 Å². The van der Waals surface area contributed by atoms with Crippen LogP contribution in [-0.2, 0) is 14.2 Å². The number of aliphatic carboxylic acids is 2. The summed E-state index contributed by atoms with van der Waals surface area (Å²) in [5.41, 5.74) is 0. The largest absolute Gasteiger partial charge is 0.480 e. The average Bonchev–Trinajstić information content (AvgIpc) is 2.05. The lowest BCUT2D eigenvalue weighted by Crippen LogP contribution is -2.43. The number of carboxylic acid groups (broad SMARTS) is 2. The van der Waals surface area contributed by atoms with Crippen molar-refractivity contribution < 1.29 is 29.5 Å². The standard InChI is InChI=1S/C7H13O6P/c1-2-7(5(9)10,6(11)12)14(13)4-3-8/h8,14H,2-4H2,1H3,(H,9,10)(H,11,12). The van der Waals surface area contributed by atoms with Gasteiger partial charge in [0.2, 0.25) is 5.16 Å². The molecule has 6 nitrogen and oxygen atoms in total. The van der Waals surface area contributed by atoms with Crippen LogP contribution in [0.25, 0.3) is 0 Å². The minimum Gasteiger partial charge on any atom is -0.480 e. The first-order valence-corrected chi connectivity index (χ1v) is 5.66. The van der Waals surface area contributed by atoms with E-state index in [4.69, 9.17) is 15.3 Å². The summed E-state index contributed by atoms with van der Waals surface area (Å²) in [4.78, 5) is 21.5. The van der Waals surface area contributed by atoms with E-state index in [1.54, 1.807) is 0 Å². The maximum atomic E-state index is 11.4. The van der Waals surface area contributed by atoms with Gasteiger partial charge in [0, 0.05) is 12.8 Å². The number of rotatable bonds is 6. The van der Waals surface area contributed by atoms with Crippen LogP contribution in [0.1, 0.15) is 13.3 Å². The highest BCUT2D eigenvalue weighted by atomic mass is 31.1. The molecule has 0 saturated carbocycles. The molecule has 0 heterocycles. The molecule has 1 unspecified atom stereocenters. The molecule has 0 saturated heterocycles. The zero-order chi connectivity index (χ0) is 11.4. The van der Waals surface area contributed by atoms with Gasteiger partial charge in [-0.1, -0.05) is 6.92 Å². The molecule has 0 aliphatic carbocycles. The lowest BCUT2D eigenvalue weighted by atomic mass is 10.1. The molecule has 0 rings (SSSR count). The Labute approximate surface area is 81.3 Å². The molecule has 14 heavy (non-hydrogen) atoms. The Kier molecular flexibility index (Phi) is 4.80. The number of aliphatic hydroxyl groups excluding tert-OH is 1. The molecule has 0 aromatic carbocycles. The van der Waals surface area contributed by atoms with Gasteiger partial charge < -0.3 is 19.9 Å². The summed E-state index contributed by atoms with van der Waals surface area (Å²) in [6.07, 6.45) is -0.535. The molecule has 0 aromatic rings. The van der Waals surface area contributed by atoms with E-state index in [1.807, 2.05) is 0 Å². The predicted molar refractivity (Wildman–Crippen MR) is 49.2 cm³/mol. The molecule has 7 heteroatoms. The van der Waals surface area contributed by atoms with E-state index in [9.17, 15) is 14.2 Å². The van der Waals surface area contributed by atoms with Crippen molar-refractivity contribution in [2.45, 2.75) is 18.5 Å². The van der Waals surface area contributed by atoms with Crippen LogP contribution in [0.3, 0.4) is 0 Å². The van der Waals surface area contributed by atoms with Gasteiger partial charge in [-0.25, -0.2) is 0 Å². The molecule has 0 bridgehead atoms. The van der Waals surface area contributed by atoms with E-state index in [-0.39, 0.29) is 12.6 Å². The monoisotopic (exact) mass is 224 g/mol. The second-order valence-electron chi connectivity index (χ2n) is 2.77. The molecule has 0 aliphatic heterocycles. The zero-order valence-electron chi connectivity index (χ0n) is 7.69. The summed E-state index contributed by atoms with van der Waals surface area (Å²) in [6.45, 7) is 0.877. The average molecular weight is 224 g/mol. The highest BCUT2D eigenvalue weighted by Crippen LogP contribution is 2.42. The minimum absolute atomic E-state index is 0.255. The van der Waals surface area contributed by atoms with E-state index < -0.39 is 31.5 Å². The molecular formula is C7H13O6P. The molecule has 82 valence electrons. The van der Waals surface area contributed by atoms with Crippen LogP contribution in [0, 0.1) is 0 Å². The van der Waals surface area contributed by atoms with Gasteiger partial charge >= 0.3 is 11.9 Å². The zero-order valence-corrected chi connectivity index (χ0v) is 8.69. The molecule has 0 radical (unpaired) electrons. The Morgan fingerprint density at radius 3 is 1.93 bits per heavy atom. The van der Waals surface area contributed by atoms with Crippen molar-refractivity contribution in [3.63, 3.8) is 0 Å². The summed E-state index contributed by atoms with van der Waals surface area (Å²) in [5, 5.41) is 23.8. The van der Waals surface area contributed by atoms with Crippen LogP contribution < -0.4 is 0 Å². The van der Waals surface area contributed by atoms with Crippen LogP contribution in [0.15, 0.2) is 0 Å². The van der Waals surface area contributed by atoms with Crippen molar-refractivity contribution in [2.75, 3.05) is 12.8 Å². The van der Waals surface area contributed by atoms with Crippen LogP contribution in [0.5, 0.6) is 0 Å². The first-order chi connectivity index (χ1) is 6.43. The van der Waals surface area contributed by atoms with Gasteiger partial charge in [-0.05, 0) is 6.42 Å². The van der Waals surface area contributed by atoms with Crippen molar-refractivity contribution >= 4 is 19.7 Å². The van der Waals surface area contributed by atoms with Gasteiger partial charge in [0.05, 0.1) is 0 Å². The van der Waals surface area contributed by atoms with Crippen molar-refractivity contribution in [1.29, 1.82) is 0 Å². The molecule has 0 amide bonds. The Balaban J connectivity index is 5.14. The van der Waals surface area contributed by atoms with Crippen LogP contribution in [0.2, 0.25) is 0 Å². The molecule has 3 N–H and O–H groups in total. The Bertz CT molecular complexity index is 247. The fraction of sp³-hybridized carbons (Fsp3) is 0.714. The Hall–Kier alpha value is -0.870. The van der Waals surface area contributed by atoms with Crippen LogP contribution in [0.4, 0.5) is 0 Å². The maximum absolute atomic E-state index is 11.4. The number of carbonyl (C=O) groups is 2. The number of aliphatic hydroxyl groups is 1. The normalized spacial score (nSPS) is 13.6. The number of carboxylic acids is 2. The highest BCUT2D eigenvalue weighted by molar-refractivity contribution is 7.49. The van der Waals surface area contributed by atoms with Gasteiger partial charge in [-0.15, -0.1) is 0 Å². The van der Waals surface area contributed by atoms with Crippen LogP contribution in [-0.4, -0.2) is 45.2 Å². The summed E-state index contributed by atoms with van der Waals surface area (Å²) >= 11 is 0. The van der Waals surface area contributed by atoms with Crippen molar-refractivity contribution in [3.05, 3.63) is 0 Å². The quantitative estimate of drug-likeness (QED) is 0.427. The third-order valence-electron chi connectivity index (χ3n) is 2.08. The molecule has 1 atom stereocenters. The molecule has 0 aliphatic rings. The predicted octanol–water partition coefficient (Wildman–Crippen LogP) is -0.144. The SMILES string of the molecule is CCC(C(=O)O)(C(=O)O)[PH](=O)CCO. The second-order valence-corrected chi connectivity index (χ2v) is 4.97. The summed E-state index contributed by atoms with van der Waals surface area (Å²) in [6, 6.07) is 0. The topological polar surface area (TPSA) is 112 Å². The van der Waals surface area contributed by atoms with Gasteiger partial charge in [0.1, 0.15) is 7.80 Å². The first-order valence-electron chi connectivity index (χ1n) is 4.04.